The van der Waals surface area contributed by atoms with Gasteiger partial charge in [-0.05, 0) is 81.3 Å². The van der Waals surface area contributed by atoms with Gasteiger partial charge in [0.2, 0.25) is 0 Å². The lowest BCUT2D eigenvalue weighted by molar-refractivity contribution is 0.125. The zero-order valence-corrected chi connectivity index (χ0v) is 21.6. The summed E-state index contributed by atoms with van der Waals surface area (Å²) in [6.45, 7) is 2.50. The Morgan fingerprint density at radius 2 is 1.67 bits per heavy atom. The minimum Gasteiger partial charge on any atom is -0.300 e. The summed E-state index contributed by atoms with van der Waals surface area (Å²) < 4.78 is 30.2. The van der Waals surface area contributed by atoms with Crippen LogP contribution in [0.3, 0.4) is 0 Å². The average molecular weight is 504 g/mol. The molecule has 1 saturated heterocycles. The molecule has 7 nitrogen and oxygen atoms in total. The fraction of sp³-hybridized carbons (Fsp3) is 0.429. The average Bonchev–Trinajstić information content (AvgIpc) is 3.53. The van der Waals surface area contributed by atoms with Crippen LogP contribution in [0.15, 0.2) is 66.1 Å². The molecule has 2 aliphatic rings. The van der Waals surface area contributed by atoms with Gasteiger partial charge >= 0.3 is 0 Å². The fourth-order valence-electron chi connectivity index (χ4n) is 6.06. The summed E-state index contributed by atoms with van der Waals surface area (Å²) >= 11 is 0. The van der Waals surface area contributed by atoms with Crippen LogP contribution in [0.4, 0.5) is 0 Å². The molecule has 0 N–H and O–H groups in total. The maximum atomic E-state index is 13.6. The summed E-state index contributed by atoms with van der Waals surface area (Å²) in [5, 5.41) is 5.19. The van der Waals surface area contributed by atoms with Crippen molar-refractivity contribution in [1.29, 1.82) is 0 Å². The second-order valence-corrected chi connectivity index (χ2v) is 12.1. The lowest BCUT2D eigenvalue weighted by atomic mass is 9.81. The molecule has 0 unspecified atom stereocenters. The Morgan fingerprint density at radius 1 is 0.917 bits per heavy atom. The van der Waals surface area contributed by atoms with Crippen molar-refractivity contribution in [2.45, 2.75) is 61.8 Å². The lowest BCUT2D eigenvalue weighted by Gasteiger charge is -2.39. The first-order valence-corrected chi connectivity index (χ1v) is 14.5. The molecular formula is C28H33N5O2S. The second-order valence-electron chi connectivity index (χ2n) is 10.3. The zero-order valence-electron chi connectivity index (χ0n) is 20.8. The van der Waals surface area contributed by atoms with Gasteiger partial charge in [-0.3, -0.25) is 4.68 Å². The fourth-order valence-corrected chi connectivity index (χ4v) is 7.40. The van der Waals surface area contributed by atoms with Gasteiger partial charge in [-0.25, -0.2) is 17.4 Å². The third-order valence-corrected chi connectivity index (χ3v) is 9.69. The maximum Gasteiger partial charge on any atom is 0.269 e. The number of hydrogen-bond donors (Lipinski definition) is 0. The molecule has 0 bridgehead atoms. The molecule has 0 atom stereocenters. The Morgan fingerprint density at radius 3 is 2.36 bits per heavy atom. The van der Waals surface area contributed by atoms with Crippen LogP contribution in [0.5, 0.6) is 0 Å². The summed E-state index contributed by atoms with van der Waals surface area (Å²) in [6, 6.07) is 11.4. The molecular weight excluding hydrogens is 470 g/mol. The Bertz CT molecular complexity index is 1460. The van der Waals surface area contributed by atoms with Crippen molar-refractivity contribution in [2.75, 3.05) is 13.1 Å². The molecule has 0 spiro atoms. The van der Waals surface area contributed by atoms with Crippen molar-refractivity contribution in [3.63, 3.8) is 0 Å². The Labute approximate surface area is 212 Å². The van der Waals surface area contributed by atoms with Crippen LogP contribution in [0.25, 0.3) is 22.2 Å². The second kappa shape index (κ2) is 9.48. The molecule has 2 fully saturated rings. The standard InChI is InChI=1S/C28H33N5O2S/c1-31-19-23(18-30-31)27-20-33(36(34,35)25-8-4-2-5-9-25)28-26(27)16-22(17-29-28)21-10-12-24(13-11-21)32-14-6-3-7-15-32/h2,4-5,8-9,16-21,24H,3,6-7,10-15H2,1H3/t21-,24+. The van der Waals surface area contributed by atoms with Gasteiger partial charge in [0.05, 0.1) is 11.1 Å². The number of fused-ring (bicyclic) bond motifs is 1. The number of piperidine rings is 1. The van der Waals surface area contributed by atoms with Gasteiger partial charge in [-0.15, -0.1) is 0 Å². The third-order valence-electron chi connectivity index (χ3n) is 8.02. The van der Waals surface area contributed by atoms with Crippen LogP contribution in [0.2, 0.25) is 0 Å². The molecule has 1 aliphatic heterocycles. The lowest BCUT2D eigenvalue weighted by Crippen LogP contribution is -2.41. The molecule has 188 valence electrons. The van der Waals surface area contributed by atoms with Crippen molar-refractivity contribution in [3.8, 4) is 11.1 Å². The highest BCUT2D eigenvalue weighted by Gasteiger charge is 2.29. The van der Waals surface area contributed by atoms with Gasteiger partial charge in [0.15, 0.2) is 5.65 Å². The molecule has 1 aromatic carbocycles. The minimum absolute atomic E-state index is 0.251. The van der Waals surface area contributed by atoms with Crippen LogP contribution in [-0.2, 0) is 17.1 Å². The highest BCUT2D eigenvalue weighted by molar-refractivity contribution is 7.90. The van der Waals surface area contributed by atoms with Crippen molar-refractivity contribution < 1.29 is 8.42 Å². The number of likely N-dealkylation sites (tertiary alicyclic amines) is 1. The smallest absolute Gasteiger partial charge is 0.269 e. The number of rotatable bonds is 5. The number of aryl methyl sites for hydroxylation is 1. The zero-order chi connectivity index (χ0) is 24.7. The van der Waals surface area contributed by atoms with E-state index in [-0.39, 0.29) is 4.90 Å². The predicted octanol–water partition coefficient (Wildman–Crippen LogP) is 5.19. The summed E-state index contributed by atoms with van der Waals surface area (Å²) in [6.07, 6.45) is 16.1. The molecule has 36 heavy (non-hydrogen) atoms. The van der Waals surface area contributed by atoms with Gasteiger partial charge in [-0.2, -0.15) is 5.10 Å². The monoisotopic (exact) mass is 503 g/mol. The maximum absolute atomic E-state index is 13.6. The van der Waals surface area contributed by atoms with E-state index in [0.717, 1.165) is 29.4 Å². The predicted molar refractivity (Wildman–Crippen MR) is 141 cm³/mol. The van der Waals surface area contributed by atoms with Crippen molar-refractivity contribution in [3.05, 3.63) is 66.7 Å². The Kier molecular flexibility index (Phi) is 6.17. The van der Waals surface area contributed by atoms with E-state index in [0.29, 0.717) is 17.6 Å². The molecule has 4 heterocycles. The largest absolute Gasteiger partial charge is 0.300 e. The molecule has 8 heteroatoms. The molecule has 1 saturated carbocycles. The van der Waals surface area contributed by atoms with E-state index in [2.05, 4.69) is 16.1 Å². The van der Waals surface area contributed by atoms with E-state index in [9.17, 15) is 8.42 Å². The first kappa shape index (κ1) is 23.4. The van der Waals surface area contributed by atoms with E-state index in [1.54, 1.807) is 41.3 Å². The third kappa shape index (κ3) is 4.26. The first-order valence-electron chi connectivity index (χ1n) is 13.1. The van der Waals surface area contributed by atoms with Crippen molar-refractivity contribution in [2.24, 2.45) is 7.05 Å². The normalized spacial score (nSPS) is 21.7. The van der Waals surface area contributed by atoms with Gasteiger partial charge in [0, 0.05) is 48.2 Å². The van der Waals surface area contributed by atoms with E-state index in [4.69, 9.17) is 4.98 Å². The van der Waals surface area contributed by atoms with Crippen LogP contribution >= 0.6 is 0 Å². The SMILES string of the molecule is Cn1cc(-c2cn(S(=O)(=O)c3ccccc3)c3ncc([C@H]4CC[C@@H](N5CCCCC5)CC4)cc23)cn1. The van der Waals surface area contributed by atoms with Gasteiger partial charge < -0.3 is 4.90 Å². The quantitative estimate of drug-likeness (QED) is 0.375. The topological polar surface area (TPSA) is 73.0 Å². The molecule has 3 aromatic heterocycles. The molecule has 0 radical (unpaired) electrons. The number of benzene rings is 1. The van der Waals surface area contributed by atoms with Gasteiger partial charge in [0.25, 0.3) is 10.0 Å². The summed E-state index contributed by atoms with van der Waals surface area (Å²) in [5.41, 5.74) is 3.40. The number of pyridine rings is 1. The first-order chi connectivity index (χ1) is 17.5. The van der Waals surface area contributed by atoms with E-state index >= 15 is 0 Å². The molecule has 4 aromatic rings. The highest BCUT2D eigenvalue weighted by Crippen LogP contribution is 2.38. The summed E-state index contributed by atoms with van der Waals surface area (Å²) in [5.74, 6) is 0.457. The van der Waals surface area contributed by atoms with Gasteiger partial charge in [0.1, 0.15) is 0 Å². The van der Waals surface area contributed by atoms with Crippen LogP contribution < -0.4 is 0 Å². The van der Waals surface area contributed by atoms with Crippen LogP contribution in [-0.4, -0.2) is 51.2 Å². The van der Waals surface area contributed by atoms with E-state index in [1.165, 1.54) is 54.7 Å². The molecule has 6 rings (SSSR count). The van der Waals surface area contributed by atoms with Crippen LogP contribution in [0, 0.1) is 0 Å². The highest BCUT2D eigenvalue weighted by atomic mass is 32.2. The summed E-state index contributed by atoms with van der Waals surface area (Å²) in [7, 11) is -1.91. The Hall–Kier alpha value is -2.97. The van der Waals surface area contributed by atoms with Gasteiger partial charge in [-0.1, -0.05) is 24.6 Å². The minimum atomic E-state index is -3.78. The van der Waals surface area contributed by atoms with Crippen molar-refractivity contribution in [1.82, 2.24) is 23.6 Å². The van der Waals surface area contributed by atoms with Crippen molar-refractivity contribution >= 4 is 21.1 Å². The number of hydrogen-bond acceptors (Lipinski definition) is 5. The molecule has 1 aliphatic carbocycles. The number of aromatic nitrogens is 4. The Balaban J connectivity index is 1.36. The number of nitrogens with zero attached hydrogens (tertiary/aromatic N) is 5. The molecule has 0 amide bonds. The van der Waals surface area contributed by atoms with Crippen LogP contribution in [0.1, 0.15) is 56.4 Å². The summed E-state index contributed by atoms with van der Waals surface area (Å²) in [4.78, 5) is 7.71. The van der Waals surface area contributed by atoms with E-state index < -0.39 is 10.0 Å². The van der Waals surface area contributed by atoms with E-state index in [1.807, 2.05) is 25.5 Å².